The Bertz CT molecular complexity index is 1390. The Morgan fingerprint density at radius 3 is 2.66 bits per heavy atom. The van der Waals surface area contributed by atoms with Gasteiger partial charge in [-0.2, -0.15) is 10.2 Å². The van der Waals surface area contributed by atoms with Crippen LogP contribution in [-0.2, 0) is 6.42 Å². The van der Waals surface area contributed by atoms with E-state index in [1.807, 2.05) is 60.4 Å². The molecule has 160 valence electrons. The molecule has 0 unspecified atom stereocenters. The van der Waals surface area contributed by atoms with E-state index in [0.29, 0.717) is 17.8 Å². The van der Waals surface area contributed by atoms with Crippen molar-refractivity contribution >= 4 is 27.5 Å². The van der Waals surface area contributed by atoms with Crippen molar-refractivity contribution in [3.05, 3.63) is 95.0 Å². The van der Waals surface area contributed by atoms with Gasteiger partial charge in [0.25, 0.3) is 5.91 Å². The molecule has 32 heavy (non-hydrogen) atoms. The van der Waals surface area contributed by atoms with Crippen LogP contribution in [0.15, 0.2) is 73.1 Å². The Kier molecular flexibility index (Phi) is 5.28. The third-order valence-electron chi connectivity index (χ3n) is 5.20. The molecule has 3 aromatic heterocycles. The maximum absolute atomic E-state index is 13.3. The Morgan fingerprint density at radius 2 is 1.88 bits per heavy atom. The van der Waals surface area contributed by atoms with Crippen molar-refractivity contribution in [3.63, 3.8) is 0 Å². The fourth-order valence-corrected chi connectivity index (χ4v) is 4.63. The molecule has 0 bridgehead atoms. The zero-order valence-electron chi connectivity index (χ0n) is 17.3. The van der Waals surface area contributed by atoms with Gasteiger partial charge in [-0.25, -0.2) is 13.8 Å². The first-order valence-electron chi connectivity index (χ1n) is 10.2. The van der Waals surface area contributed by atoms with Crippen molar-refractivity contribution in [1.29, 1.82) is 0 Å². The van der Waals surface area contributed by atoms with E-state index in [1.165, 1.54) is 23.5 Å². The van der Waals surface area contributed by atoms with Crippen LogP contribution in [0.25, 0.3) is 21.6 Å². The number of rotatable bonds is 6. The fraction of sp³-hybridized carbons (Fsp3) is 0.125. The molecule has 0 saturated carbocycles. The van der Waals surface area contributed by atoms with E-state index in [0.717, 1.165) is 32.8 Å². The van der Waals surface area contributed by atoms with Crippen LogP contribution in [0.1, 0.15) is 20.9 Å². The van der Waals surface area contributed by atoms with Crippen molar-refractivity contribution in [1.82, 2.24) is 24.9 Å². The van der Waals surface area contributed by atoms with E-state index in [2.05, 4.69) is 15.5 Å². The molecule has 0 aliphatic heterocycles. The molecule has 1 N–H and O–H groups in total. The van der Waals surface area contributed by atoms with Crippen molar-refractivity contribution in [2.75, 3.05) is 6.54 Å². The summed E-state index contributed by atoms with van der Waals surface area (Å²) in [5.41, 5.74) is 3.63. The fourth-order valence-electron chi connectivity index (χ4n) is 3.54. The highest BCUT2D eigenvalue weighted by atomic mass is 32.1. The Balaban J connectivity index is 1.27. The van der Waals surface area contributed by atoms with Crippen LogP contribution >= 0.6 is 11.3 Å². The normalized spacial score (nSPS) is 11.2. The summed E-state index contributed by atoms with van der Waals surface area (Å²) in [7, 11) is 0. The molecule has 8 heteroatoms. The van der Waals surface area contributed by atoms with Gasteiger partial charge < -0.3 is 5.32 Å². The molecule has 3 heterocycles. The number of carbonyl (C=O) groups is 1. The molecule has 0 spiro atoms. The first kappa shape index (κ1) is 20.1. The van der Waals surface area contributed by atoms with Gasteiger partial charge in [-0.15, -0.1) is 11.3 Å². The Morgan fingerprint density at radius 1 is 1.09 bits per heavy atom. The summed E-state index contributed by atoms with van der Waals surface area (Å²) in [6.45, 7) is 2.41. The molecule has 1 amide bonds. The number of amides is 1. The number of fused-ring (bicyclic) bond motifs is 1. The summed E-state index contributed by atoms with van der Waals surface area (Å²) in [5, 5.41) is 12.8. The highest BCUT2D eigenvalue weighted by Gasteiger charge is 2.17. The van der Waals surface area contributed by atoms with E-state index in [4.69, 9.17) is 0 Å². The van der Waals surface area contributed by atoms with Crippen molar-refractivity contribution in [2.24, 2.45) is 0 Å². The van der Waals surface area contributed by atoms with Gasteiger partial charge in [0.15, 0.2) is 0 Å². The SMILES string of the molecule is Cc1nn(-c2ccc(F)cc2)c2sc(C(=O)NCCc3cnn(-c4ccccc4)c3)cc12. The largest absolute Gasteiger partial charge is 0.351 e. The number of benzene rings is 2. The minimum atomic E-state index is -0.297. The predicted molar refractivity (Wildman–Crippen MR) is 123 cm³/mol. The standard InChI is InChI=1S/C24H20FN5OS/c1-16-21-13-22(32-24(21)30(28-16)20-9-7-18(25)8-10-20)23(31)26-12-11-17-14-27-29(15-17)19-5-3-2-4-6-19/h2-10,13-15H,11-12H2,1H3,(H,26,31). The van der Waals surface area contributed by atoms with Crippen LogP contribution in [-0.4, -0.2) is 32.0 Å². The molecule has 0 radical (unpaired) electrons. The van der Waals surface area contributed by atoms with Crippen molar-refractivity contribution in [3.8, 4) is 11.4 Å². The molecule has 5 rings (SSSR count). The van der Waals surface area contributed by atoms with Crippen LogP contribution in [0.5, 0.6) is 0 Å². The summed E-state index contributed by atoms with van der Waals surface area (Å²) in [6.07, 6.45) is 4.48. The zero-order valence-corrected chi connectivity index (χ0v) is 18.1. The topological polar surface area (TPSA) is 64.7 Å². The molecule has 6 nitrogen and oxygen atoms in total. The predicted octanol–water partition coefficient (Wildman–Crippen LogP) is 4.69. The Labute approximate surface area is 187 Å². The number of para-hydroxylation sites is 1. The van der Waals surface area contributed by atoms with Gasteiger partial charge in [0, 0.05) is 18.1 Å². The molecule has 2 aromatic carbocycles. The lowest BCUT2D eigenvalue weighted by Crippen LogP contribution is -2.24. The molecular formula is C24H20FN5OS. The number of nitrogens with zero attached hydrogens (tertiary/aromatic N) is 4. The monoisotopic (exact) mass is 445 g/mol. The second kappa shape index (κ2) is 8.39. The molecule has 0 aliphatic carbocycles. The molecule has 0 saturated heterocycles. The molecule has 5 aromatic rings. The van der Waals surface area contributed by atoms with Crippen LogP contribution in [0.3, 0.4) is 0 Å². The summed E-state index contributed by atoms with van der Waals surface area (Å²) in [4.78, 5) is 14.2. The highest BCUT2D eigenvalue weighted by Crippen LogP contribution is 2.30. The van der Waals surface area contributed by atoms with E-state index in [1.54, 1.807) is 16.8 Å². The maximum Gasteiger partial charge on any atom is 0.261 e. The summed E-state index contributed by atoms with van der Waals surface area (Å²) in [6, 6.07) is 17.9. The van der Waals surface area contributed by atoms with E-state index < -0.39 is 0 Å². The van der Waals surface area contributed by atoms with Gasteiger partial charge in [0.1, 0.15) is 10.6 Å². The van der Waals surface area contributed by atoms with Gasteiger partial charge in [0.2, 0.25) is 0 Å². The quantitative estimate of drug-likeness (QED) is 0.412. The van der Waals surface area contributed by atoms with Gasteiger partial charge in [-0.1, -0.05) is 18.2 Å². The van der Waals surface area contributed by atoms with Crippen LogP contribution in [0, 0.1) is 12.7 Å². The zero-order chi connectivity index (χ0) is 22.1. The van der Waals surface area contributed by atoms with E-state index in [-0.39, 0.29) is 11.7 Å². The molecular weight excluding hydrogens is 425 g/mol. The summed E-state index contributed by atoms with van der Waals surface area (Å²) >= 11 is 1.38. The lowest BCUT2D eigenvalue weighted by atomic mass is 10.2. The van der Waals surface area contributed by atoms with Gasteiger partial charge in [-0.05, 0) is 61.4 Å². The number of hydrogen-bond acceptors (Lipinski definition) is 4. The highest BCUT2D eigenvalue weighted by molar-refractivity contribution is 7.20. The number of hydrogen-bond donors (Lipinski definition) is 1. The van der Waals surface area contributed by atoms with Gasteiger partial charge >= 0.3 is 0 Å². The average molecular weight is 446 g/mol. The minimum Gasteiger partial charge on any atom is -0.351 e. The second-order valence-electron chi connectivity index (χ2n) is 7.44. The average Bonchev–Trinajstić information content (AvgIpc) is 3.52. The van der Waals surface area contributed by atoms with E-state index >= 15 is 0 Å². The number of carbonyl (C=O) groups excluding carboxylic acids is 1. The van der Waals surface area contributed by atoms with Crippen LogP contribution in [0.2, 0.25) is 0 Å². The molecule has 0 fully saturated rings. The number of halogens is 1. The van der Waals surface area contributed by atoms with Crippen molar-refractivity contribution < 1.29 is 9.18 Å². The smallest absolute Gasteiger partial charge is 0.261 e. The summed E-state index contributed by atoms with van der Waals surface area (Å²) < 4.78 is 16.9. The first-order valence-corrected chi connectivity index (χ1v) is 11.0. The number of nitrogens with one attached hydrogen (secondary N) is 1. The number of aromatic nitrogens is 4. The first-order chi connectivity index (χ1) is 15.6. The second-order valence-corrected chi connectivity index (χ2v) is 8.47. The lowest BCUT2D eigenvalue weighted by molar-refractivity contribution is 0.0958. The van der Waals surface area contributed by atoms with Crippen LogP contribution < -0.4 is 5.32 Å². The Hall–Kier alpha value is -3.78. The van der Waals surface area contributed by atoms with Gasteiger partial charge in [0.05, 0.1) is 28.1 Å². The molecule has 0 atom stereocenters. The minimum absolute atomic E-state index is 0.119. The van der Waals surface area contributed by atoms with Gasteiger partial charge in [-0.3, -0.25) is 4.79 Å². The maximum atomic E-state index is 13.3. The third kappa shape index (κ3) is 3.92. The van der Waals surface area contributed by atoms with Crippen LogP contribution in [0.4, 0.5) is 4.39 Å². The van der Waals surface area contributed by atoms with Crippen molar-refractivity contribution in [2.45, 2.75) is 13.3 Å². The molecule has 0 aliphatic rings. The lowest BCUT2D eigenvalue weighted by Gasteiger charge is -2.03. The number of aryl methyl sites for hydroxylation is 1. The third-order valence-corrected chi connectivity index (χ3v) is 6.31. The number of thiophene rings is 1. The summed E-state index contributed by atoms with van der Waals surface area (Å²) in [5.74, 6) is -0.416. The van der Waals surface area contributed by atoms with E-state index in [9.17, 15) is 9.18 Å².